The number of benzene rings is 2. The molecular weight excluding hydrogens is 396 g/mol. The van der Waals surface area contributed by atoms with Crippen molar-refractivity contribution in [1.29, 1.82) is 0 Å². The SMILES string of the molecule is C[C@H](c1ccc(S(C)(=O)=O)cc1)N(C)CC(=O)N[C@H](C)c1ccc2c(c1)CCCC2. The average molecular weight is 429 g/mol. The summed E-state index contributed by atoms with van der Waals surface area (Å²) >= 11 is 0. The molecule has 0 saturated heterocycles. The van der Waals surface area contributed by atoms with Crippen molar-refractivity contribution in [2.24, 2.45) is 0 Å². The van der Waals surface area contributed by atoms with Crippen molar-refractivity contribution in [3.63, 3.8) is 0 Å². The van der Waals surface area contributed by atoms with E-state index in [0.717, 1.165) is 24.0 Å². The van der Waals surface area contributed by atoms with E-state index in [9.17, 15) is 13.2 Å². The zero-order valence-corrected chi connectivity index (χ0v) is 19.1. The van der Waals surface area contributed by atoms with Gasteiger partial charge in [0.25, 0.3) is 0 Å². The third kappa shape index (κ3) is 5.49. The lowest BCUT2D eigenvalue weighted by Crippen LogP contribution is -2.37. The molecular formula is C24H32N2O3S. The molecule has 0 unspecified atom stereocenters. The molecule has 0 aromatic heterocycles. The van der Waals surface area contributed by atoms with E-state index < -0.39 is 9.84 Å². The first-order valence-corrected chi connectivity index (χ1v) is 12.5. The third-order valence-corrected chi connectivity index (χ3v) is 7.22. The number of hydrogen-bond donors (Lipinski definition) is 1. The molecule has 2 aromatic carbocycles. The summed E-state index contributed by atoms with van der Waals surface area (Å²) in [5.41, 5.74) is 4.98. The van der Waals surface area contributed by atoms with Crippen LogP contribution in [0.2, 0.25) is 0 Å². The molecule has 6 heteroatoms. The highest BCUT2D eigenvalue weighted by Crippen LogP contribution is 2.25. The minimum absolute atomic E-state index is 0.0107. The van der Waals surface area contributed by atoms with Crippen LogP contribution in [0, 0.1) is 0 Å². The monoisotopic (exact) mass is 428 g/mol. The van der Waals surface area contributed by atoms with Crippen LogP contribution in [0.15, 0.2) is 47.4 Å². The number of nitrogens with one attached hydrogen (secondary N) is 1. The Morgan fingerprint density at radius 2 is 1.60 bits per heavy atom. The first-order valence-electron chi connectivity index (χ1n) is 10.6. The highest BCUT2D eigenvalue weighted by atomic mass is 32.2. The summed E-state index contributed by atoms with van der Waals surface area (Å²) < 4.78 is 23.3. The second-order valence-electron chi connectivity index (χ2n) is 8.46. The molecule has 30 heavy (non-hydrogen) atoms. The van der Waals surface area contributed by atoms with Crippen LogP contribution in [-0.2, 0) is 27.5 Å². The predicted molar refractivity (Wildman–Crippen MR) is 120 cm³/mol. The molecule has 0 aliphatic heterocycles. The van der Waals surface area contributed by atoms with Gasteiger partial charge in [-0.15, -0.1) is 0 Å². The highest BCUT2D eigenvalue weighted by Gasteiger charge is 2.18. The van der Waals surface area contributed by atoms with E-state index in [1.165, 1.54) is 30.2 Å². The number of carbonyl (C=O) groups is 1. The molecule has 162 valence electrons. The number of carbonyl (C=O) groups excluding carboxylic acids is 1. The molecule has 0 radical (unpaired) electrons. The van der Waals surface area contributed by atoms with E-state index in [1.807, 2.05) is 37.9 Å². The summed E-state index contributed by atoms with van der Waals surface area (Å²) in [6, 6.07) is 13.4. The molecule has 1 amide bonds. The Morgan fingerprint density at radius 1 is 1.00 bits per heavy atom. The lowest BCUT2D eigenvalue weighted by molar-refractivity contribution is -0.123. The Kier molecular flexibility index (Phi) is 6.98. The Labute approximate surface area is 180 Å². The number of sulfone groups is 1. The highest BCUT2D eigenvalue weighted by molar-refractivity contribution is 7.90. The number of nitrogens with zero attached hydrogens (tertiary/aromatic N) is 1. The normalized spacial score (nSPS) is 16.0. The van der Waals surface area contributed by atoms with Crippen molar-refractivity contribution < 1.29 is 13.2 Å². The topological polar surface area (TPSA) is 66.5 Å². The van der Waals surface area contributed by atoms with Crippen molar-refractivity contribution >= 4 is 15.7 Å². The van der Waals surface area contributed by atoms with Crippen molar-refractivity contribution in [2.45, 2.75) is 56.5 Å². The number of fused-ring (bicyclic) bond motifs is 1. The fraction of sp³-hybridized carbons (Fsp3) is 0.458. The third-order valence-electron chi connectivity index (χ3n) is 6.09. The standard InChI is InChI=1S/C24H32N2O3S/c1-17(21-10-9-20-7-5-6-8-22(20)15-21)25-24(27)16-26(3)18(2)19-11-13-23(14-12-19)30(4,28)29/h9-15,17-18H,5-8,16H2,1-4H3,(H,25,27)/t17-,18-/m1/s1. The van der Waals surface area contributed by atoms with Crippen LogP contribution in [0.25, 0.3) is 0 Å². The molecule has 0 fully saturated rings. The van der Waals surface area contributed by atoms with Crippen molar-refractivity contribution in [1.82, 2.24) is 10.2 Å². The van der Waals surface area contributed by atoms with Gasteiger partial charge in [0.15, 0.2) is 9.84 Å². The number of amides is 1. The van der Waals surface area contributed by atoms with Crippen LogP contribution < -0.4 is 5.32 Å². The molecule has 2 aromatic rings. The number of rotatable bonds is 7. The maximum Gasteiger partial charge on any atom is 0.234 e. The molecule has 1 aliphatic carbocycles. The molecule has 0 heterocycles. The summed E-state index contributed by atoms with van der Waals surface area (Å²) in [7, 11) is -1.31. The molecule has 3 rings (SSSR count). The second kappa shape index (κ2) is 9.31. The molecule has 1 aliphatic rings. The number of aryl methyl sites for hydroxylation is 2. The summed E-state index contributed by atoms with van der Waals surface area (Å²) in [5.74, 6) is -0.0256. The maximum absolute atomic E-state index is 12.6. The van der Waals surface area contributed by atoms with Gasteiger partial charge in [0.05, 0.1) is 17.5 Å². The van der Waals surface area contributed by atoms with Gasteiger partial charge in [-0.1, -0.05) is 30.3 Å². The smallest absolute Gasteiger partial charge is 0.234 e. The van der Waals surface area contributed by atoms with Gasteiger partial charge in [0, 0.05) is 12.3 Å². The summed E-state index contributed by atoms with van der Waals surface area (Å²) in [6.07, 6.45) is 5.99. The van der Waals surface area contributed by atoms with E-state index in [2.05, 4.69) is 23.5 Å². The zero-order chi connectivity index (χ0) is 21.9. The van der Waals surface area contributed by atoms with E-state index in [4.69, 9.17) is 0 Å². The van der Waals surface area contributed by atoms with Crippen molar-refractivity contribution in [3.8, 4) is 0 Å². The molecule has 2 atom stereocenters. The van der Waals surface area contributed by atoms with E-state index >= 15 is 0 Å². The van der Waals surface area contributed by atoms with Crippen LogP contribution in [0.1, 0.15) is 61.0 Å². The van der Waals surface area contributed by atoms with Gasteiger partial charge in [0.1, 0.15) is 0 Å². The quantitative estimate of drug-likeness (QED) is 0.728. The van der Waals surface area contributed by atoms with Crippen LogP contribution in [0.4, 0.5) is 0 Å². The number of hydrogen-bond acceptors (Lipinski definition) is 4. The van der Waals surface area contributed by atoms with Crippen LogP contribution in [0.5, 0.6) is 0 Å². The van der Waals surface area contributed by atoms with Gasteiger partial charge in [-0.3, -0.25) is 9.69 Å². The summed E-state index contributed by atoms with van der Waals surface area (Å²) in [5, 5.41) is 3.11. The minimum Gasteiger partial charge on any atom is -0.348 e. The molecule has 0 spiro atoms. The Morgan fingerprint density at radius 3 is 2.23 bits per heavy atom. The van der Waals surface area contributed by atoms with Gasteiger partial charge in [-0.05, 0) is 81.0 Å². The average Bonchev–Trinajstić information content (AvgIpc) is 2.72. The predicted octanol–water partition coefficient (Wildman–Crippen LogP) is 3.84. The molecule has 5 nitrogen and oxygen atoms in total. The van der Waals surface area contributed by atoms with Crippen LogP contribution >= 0.6 is 0 Å². The van der Waals surface area contributed by atoms with Gasteiger partial charge < -0.3 is 5.32 Å². The first-order chi connectivity index (χ1) is 14.1. The van der Waals surface area contributed by atoms with Gasteiger partial charge in [-0.2, -0.15) is 0 Å². The molecule has 0 saturated carbocycles. The van der Waals surface area contributed by atoms with Crippen LogP contribution in [0.3, 0.4) is 0 Å². The van der Waals surface area contributed by atoms with Gasteiger partial charge in [0.2, 0.25) is 5.91 Å². The first kappa shape index (κ1) is 22.5. The van der Waals surface area contributed by atoms with E-state index in [0.29, 0.717) is 4.90 Å². The van der Waals surface area contributed by atoms with E-state index in [1.54, 1.807) is 12.1 Å². The summed E-state index contributed by atoms with van der Waals surface area (Å²) in [6.45, 7) is 4.30. The van der Waals surface area contributed by atoms with Crippen LogP contribution in [-0.4, -0.2) is 39.1 Å². The lowest BCUT2D eigenvalue weighted by atomic mass is 9.89. The Bertz CT molecular complexity index is 1000. The Hall–Kier alpha value is -2.18. The Balaban J connectivity index is 1.58. The fourth-order valence-corrected chi connectivity index (χ4v) is 4.64. The summed E-state index contributed by atoms with van der Waals surface area (Å²) in [4.78, 5) is 14.9. The minimum atomic E-state index is -3.21. The van der Waals surface area contributed by atoms with E-state index in [-0.39, 0.29) is 24.5 Å². The van der Waals surface area contributed by atoms with Crippen molar-refractivity contribution in [2.75, 3.05) is 19.8 Å². The van der Waals surface area contributed by atoms with Crippen molar-refractivity contribution in [3.05, 3.63) is 64.7 Å². The largest absolute Gasteiger partial charge is 0.348 e. The lowest BCUT2D eigenvalue weighted by Gasteiger charge is -2.26. The van der Waals surface area contributed by atoms with Gasteiger partial charge in [-0.25, -0.2) is 8.42 Å². The molecule has 1 N–H and O–H groups in total. The fourth-order valence-electron chi connectivity index (χ4n) is 4.00. The van der Waals surface area contributed by atoms with Gasteiger partial charge >= 0.3 is 0 Å². The number of likely N-dealkylation sites (N-methyl/N-ethyl adjacent to an activating group) is 1. The zero-order valence-electron chi connectivity index (χ0n) is 18.3. The maximum atomic E-state index is 12.6. The molecule has 0 bridgehead atoms. The second-order valence-corrected chi connectivity index (χ2v) is 10.5.